The molecule has 7 heteroatoms. The van der Waals surface area contributed by atoms with Crippen molar-refractivity contribution in [2.75, 3.05) is 13.1 Å². The van der Waals surface area contributed by atoms with Crippen molar-refractivity contribution in [2.24, 2.45) is 11.7 Å². The average Bonchev–Trinajstić information content (AvgIpc) is 3.47. The first kappa shape index (κ1) is 20.4. The Labute approximate surface area is 191 Å². The minimum Gasteiger partial charge on any atom is -0.454 e. The van der Waals surface area contributed by atoms with Crippen molar-refractivity contribution in [2.45, 2.75) is 44.9 Å². The van der Waals surface area contributed by atoms with Gasteiger partial charge in [0, 0.05) is 47.2 Å². The number of nitrogens with two attached hydrogens (primary N) is 1. The van der Waals surface area contributed by atoms with Crippen LogP contribution in [0.3, 0.4) is 0 Å². The number of fused-ring (bicyclic) bond motifs is 2. The maximum absolute atomic E-state index is 14.0. The molecular weight excluding hydrogens is 419 g/mol. The topological polar surface area (TPSA) is 77.3 Å². The summed E-state index contributed by atoms with van der Waals surface area (Å²) in [6.07, 6.45) is 3.54. The van der Waals surface area contributed by atoms with Crippen molar-refractivity contribution in [3.63, 3.8) is 0 Å². The van der Waals surface area contributed by atoms with Crippen LogP contribution in [0.2, 0.25) is 0 Å². The van der Waals surface area contributed by atoms with Gasteiger partial charge in [0.15, 0.2) is 5.76 Å². The van der Waals surface area contributed by atoms with Gasteiger partial charge in [0.2, 0.25) is 0 Å². The Morgan fingerprint density at radius 2 is 2.09 bits per heavy atom. The van der Waals surface area contributed by atoms with Gasteiger partial charge in [-0.3, -0.25) is 4.79 Å². The highest BCUT2D eigenvalue weighted by Crippen LogP contribution is 2.39. The van der Waals surface area contributed by atoms with E-state index in [4.69, 9.17) is 10.2 Å². The van der Waals surface area contributed by atoms with Crippen molar-refractivity contribution < 1.29 is 13.6 Å². The predicted molar refractivity (Wildman–Crippen MR) is 126 cm³/mol. The van der Waals surface area contributed by atoms with E-state index in [9.17, 15) is 9.18 Å². The molecule has 1 saturated carbocycles. The number of pyridine rings is 1. The molecule has 33 heavy (non-hydrogen) atoms. The summed E-state index contributed by atoms with van der Waals surface area (Å²) in [7, 11) is 0. The van der Waals surface area contributed by atoms with E-state index < -0.39 is 6.17 Å². The van der Waals surface area contributed by atoms with Crippen LogP contribution in [-0.4, -0.2) is 45.7 Å². The van der Waals surface area contributed by atoms with E-state index in [0.717, 1.165) is 40.0 Å². The minimum absolute atomic E-state index is 0.0846. The first-order chi connectivity index (χ1) is 16.0. The van der Waals surface area contributed by atoms with Crippen LogP contribution in [0.25, 0.3) is 33.5 Å². The van der Waals surface area contributed by atoms with Crippen LogP contribution in [0.1, 0.15) is 35.2 Å². The molecule has 1 amide bonds. The maximum Gasteiger partial charge on any atom is 0.254 e. The number of likely N-dealkylation sites (tertiary alicyclic amines) is 1. The molecule has 4 heterocycles. The zero-order valence-corrected chi connectivity index (χ0v) is 18.6. The van der Waals surface area contributed by atoms with Crippen LogP contribution < -0.4 is 5.73 Å². The average molecular weight is 447 g/mol. The number of alkyl halides is 1. The molecule has 1 aromatic carbocycles. The molecule has 0 radical (unpaired) electrons. The molecule has 1 saturated heterocycles. The highest BCUT2D eigenvalue weighted by molar-refractivity contribution is 5.99. The summed E-state index contributed by atoms with van der Waals surface area (Å²) in [4.78, 5) is 19.2. The zero-order chi connectivity index (χ0) is 22.7. The van der Waals surface area contributed by atoms with Gasteiger partial charge in [-0.25, -0.2) is 9.37 Å². The van der Waals surface area contributed by atoms with Crippen LogP contribution in [0, 0.1) is 12.8 Å². The molecule has 2 aliphatic rings. The summed E-state index contributed by atoms with van der Waals surface area (Å²) in [6, 6.07) is 11.3. The normalized spacial score (nSPS) is 21.2. The van der Waals surface area contributed by atoms with Crippen LogP contribution in [0.15, 0.2) is 47.0 Å². The SMILES string of the molecule is Cc1c(-c2cc3cccnc3n2CC2CC2)oc2cc(C(=O)N3C[C@H](N)C[C@@H](F)C3)ccc12. The number of carbonyl (C=O) groups excluding carboxylic acids is 1. The molecule has 0 spiro atoms. The Balaban J connectivity index is 1.40. The molecule has 1 aliphatic heterocycles. The van der Waals surface area contributed by atoms with E-state index in [1.165, 1.54) is 17.7 Å². The summed E-state index contributed by atoms with van der Waals surface area (Å²) in [5.74, 6) is 1.28. The molecular formula is C26H27FN4O2. The molecule has 4 aromatic rings. The number of aryl methyl sites for hydroxylation is 1. The largest absolute Gasteiger partial charge is 0.454 e. The number of hydrogen-bond donors (Lipinski definition) is 1. The second kappa shape index (κ2) is 7.70. The molecule has 3 aromatic heterocycles. The first-order valence-corrected chi connectivity index (χ1v) is 11.6. The van der Waals surface area contributed by atoms with Gasteiger partial charge in [-0.15, -0.1) is 0 Å². The van der Waals surface area contributed by atoms with Crippen molar-refractivity contribution in [3.8, 4) is 11.5 Å². The summed E-state index contributed by atoms with van der Waals surface area (Å²) < 4.78 is 22.6. The number of amides is 1. The molecule has 2 fully saturated rings. The summed E-state index contributed by atoms with van der Waals surface area (Å²) in [5, 5.41) is 2.06. The molecule has 2 atom stereocenters. The van der Waals surface area contributed by atoms with Crippen LogP contribution in [0.5, 0.6) is 0 Å². The fourth-order valence-corrected chi connectivity index (χ4v) is 5.04. The lowest BCUT2D eigenvalue weighted by Crippen LogP contribution is -2.50. The summed E-state index contributed by atoms with van der Waals surface area (Å²) in [5.41, 5.74) is 10.1. The van der Waals surface area contributed by atoms with E-state index in [0.29, 0.717) is 30.0 Å². The lowest BCUT2D eigenvalue weighted by Gasteiger charge is -2.33. The van der Waals surface area contributed by atoms with E-state index in [1.54, 1.807) is 12.1 Å². The van der Waals surface area contributed by atoms with Gasteiger partial charge < -0.3 is 19.6 Å². The van der Waals surface area contributed by atoms with Gasteiger partial charge in [0.25, 0.3) is 5.91 Å². The standard InChI is InChI=1S/C26H27FN4O2/c1-15-21-7-6-18(26(32)30-13-19(27)11-20(28)14-30)10-23(21)33-24(15)22-9-17-3-2-8-29-25(17)31(22)12-16-4-5-16/h2-3,6-10,16,19-20H,4-5,11-14,28H2,1H3/t19-,20-/m1/s1. The highest BCUT2D eigenvalue weighted by Gasteiger charge is 2.30. The van der Waals surface area contributed by atoms with Gasteiger partial charge in [-0.05, 0) is 62.4 Å². The number of nitrogens with zero attached hydrogens (tertiary/aromatic N) is 3. The van der Waals surface area contributed by atoms with Crippen LogP contribution >= 0.6 is 0 Å². The fraction of sp³-hybridized carbons (Fsp3) is 0.385. The monoisotopic (exact) mass is 446 g/mol. The lowest BCUT2D eigenvalue weighted by atomic mass is 10.0. The van der Waals surface area contributed by atoms with Crippen molar-refractivity contribution in [1.82, 2.24) is 14.5 Å². The molecule has 6 rings (SSSR count). The first-order valence-electron chi connectivity index (χ1n) is 11.6. The number of rotatable bonds is 4. The molecule has 0 bridgehead atoms. The third-order valence-electron chi connectivity index (χ3n) is 6.93. The van der Waals surface area contributed by atoms with E-state index in [2.05, 4.69) is 21.7 Å². The Bertz CT molecular complexity index is 1360. The van der Waals surface area contributed by atoms with Gasteiger partial charge in [-0.1, -0.05) is 6.07 Å². The quantitative estimate of drug-likeness (QED) is 0.494. The number of benzene rings is 1. The highest BCUT2D eigenvalue weighted by atomic mass is 19.1. The second-order valence-corrected chi connectivity index (χ2v) is 9.57. The predicted octanol–water partition coefficient (Wildman–Crippen LogP) is 4.68. The molecule has 2 N–H and O–H groups in total. The Hall–Kier alpha value is -3.19. The van der Waals surface area contributed by atoms with Crippen molar-refractivity contribution in [1.29, 1.82) is 0 Å². The minimum atomic E-state index is -1.08. The Morgan fingerprint density at radius 1 is 1.24 bits per heavy atom. The van der Waals surface area contributed by atoms with Crippen molar-refractivity contribution >= 4 is 27.9 Å². The molecule has 1 aliphatic carbocycles. The van der Waals surface area contributed by atoms with E-state index >= 15 is 0 Å². The number of halogens is 1. The third-order valence-corrected chi connectivity index (χ3v) is 6.93. The van der Waals surface area contributed by atoms with E-state index in [-0.39, 0.29) is 18.5 Å². The molecule has 170 valence electrons. The fourth-order valence-electron chi connectivity index (χ4n) is 5.04. The summed E-state index contributed by atoms with van der Waals surface area (Å²) >= 11 is 0. The van der Waals surface area contributed by atoms with Gasteiger partial charge >= 0.3 is 0 Å². The van der Waals surface area contributed by atoms with Gasteiger partial charge in [-0.2, -0.15) is 0 Å². The van der Waals surface area contributed by atoms with Gasteiger partial charge in [0.05, 0.1) is 12.2 Å². The lowest BCUT2D eigenvalue weighted by molar-refractivity contribution is 0.0607. The summed E-state index contributed by atoms with van der Waals surface area (Å²) in [6.45, 7) is 3.43. The third kappa shape index (κ3) is 3.60. The molecule has 0 unspecified atom stereocenters. The number of piperidine rings is 1. The number of furan rings is 1. The Kier molecular flexibility index (Phi) is 4.76. The van der Waals surface area contributed by atoms with Gasteiger partial charge in [0.1, 0.15) is 17.4 Å². The maximum atomic E-state index is 14.0. The van der Waals surface area contributed by atoms with E-state index in [1.807, 2.05) is 25.3 Å². The van der Waals surface area contributed by atoms with Crippen molar-refractivity contribution in [3.05, 3.63) is 53.7 Å². The smallest absolute Gasteiger partial charge is 0.254 e. The number of carbonyl (C=O) groups is 1. The zero-order valence-electron chi connectivity index (χ0n) is 18.6. The second-order valence-electron chi connectivity index (χ2n) is 9.57. The Morgan fingerprint density at radius 3 is 2.88 bits per heavy atom. The molecule has 6 nitrogen and oxygen atoms in total. The number of aromatic nitrogens is 2. The van der Waals surface area contributed by atoms with Crippen LogP contribution in [-0.2, 0) is 6.54 Å². The van der Waals surface area contributed by atoms with Crippen LogP contribution in [0.4, 0.5) is 4.39 Å². The number of hydrogen-bond acceptors (Lipinski definition) is 4.